The zero-order valence-electron chi connectivity index (χ0n) is 72.0. The third-order valence-electron chi connectivity index (χ3n) is 21.5. The molecule has 4 heterocycles. The minimum atomic E-state index is -1.78. The van der Waals surface area contributed by atoms with E-state index in [1.165, 1.54) is 40.2 Å². The fraction of sp³-hybridized carbons (Fsp3) is 0.643. The Bertz CT molecular complexity index is 3920. The van der Waals surface area contributed by atoms with Gasteiger partial charge in [-0.2, -0.15) is 23.5 Å². The second kappa shape index (κ2) is 57.0. The van der Waals surface area contributed by atoms with E-state index in [1.54, 1.807) is 51.1 Å². The molecule has 0 aliphatic carbocycles. The molecule has 10 atom stereocenters. The maximum Gasteiger partial charge on any atom is 0.317 e. The van der Waals surface area contributed by atoms with Gasteiger partial charge in [0.15, 0.2) is 0 Å². The van der Waals surface area contributed by atoms with Gasteiger partial charge in [0, 0.05) is 146 Å². The number of rotatable bonds is 43. The second-order valence-corrected chi connectivity index (χ2v) is 33.8. The summed E-state index contributed by atoms with van der Waals surface area (Å²) in [5.74, 6) is -12.6. The number of Topliss-reactive ketones (excluding diaryl/α,β-unsaturated/α-hetero) is 1. The Morgan fingerprint density at radius 1 is 0.548 bits per heavy atom. The minimum Gasteiger partial charge on any atom is -0.481 e. The predicted molar refractivity (Wildman–Crippen MR) is 464 cm³/mol. The Morgan fingerprint density at radius 3 is 1.64 bits per heavy atom. The van der Waals surface area contributed by atoms with Gasteiger partial charge in [0.1, 0.15) is 54.1 Å². The van der Waals surface area contributed by atoms with Crippen LogP contribution in [0.15, 0.2) is 66.9 Å². The first-order valence-corrected chi connectivity index (χ1v) is 45.3. The van der Waals surface area contributed by atoms with Crippen LogP contribution in [-0.4, -0.2) is 359 Å². The summed E-state index contributed by atoms with van der Waals surface area (Å²) in [6.45, 7) is 10.4. The number of aliphatic hydroxyl groups excluding tert-OH is 1. The van der Waals surface area contributed by atoms with Crippen molar-refractivity contribution in [2.45, 2.75) is 195 Å². The van der Waals surface area contributed by atoms with Crippen LogP contribution in [0.3, 0.4) is 0 Å². The quantitative estimate of drug-likeness (QED) is 0.0323. The highest BCUT2D eigenvalue weighted by atomic mass is 32.2. The number of benzene rings is 2. The highest BCUT2D eigenvalue weighted by molar-refractivity contribution is 7.98. The average Bonchev–Trinajstić information content (AvgIpc) is 1.65. The molecule has 17 N–H and O–H groups in total. The molecule has 4 aliphatic rings. The molecule has 2 aromatic rings. The van der Waals surface area contributed by atoms with Gasteiger partial charge in [0.05, 0.1) is 71.2 Å². The molecule has 0 spiro atoms. The molecule has 0 radical (unpaired) electrons. The van der Waals surface area contributed by atoms with E-state index in [2.05, 4.69) is 49.1 Å². The fourth-order valence-corrected chi connectivity index (χ4v) is 16.6. The lowest BCUT2D eigenvalue weighted by Crippen LogP contribution is -2.62. The summed E-state index contributed by atoms with van der Waals surface area (Å²) in [5, 5.41) is 70.8. The second-order valence-electron chi connectivity index (χ2n) is 31.7. The summed E-state index contributed by atoms with van der Waals surface area (Å²) >= 11 is 2.50. The van der Waals surface area contributed by atoms with Gasteiger partial charge < -0.3 is 104 Å². The number of nitrogens with two attached hydrogens (primary N) is 2. The molecule has 3 saturated heterocycles. The van der Waals surface area contributed by atoms with E-state index in [-0.39, 0.29) is 190 Å². The Hall–Kier alpha value is -9.92. The minimum absolute atomic E-state index is 0.0115. The third-order valence-corrected chi connectivity index (χ3v) is 23.7. The van der Waals surface area contributed by atoms with Crippen molar-refractivity contribution in [2.24, 2.45) is 11.5 Å². The molecule has 4 aliphatic heterocycles. The molecule has 126 heavy (non-hydrogen) atoms. The first kappa shape index (κ1) is 105. The number of hydrogen-bond acceptors (Lipinski definition) is 27. The number of carboxylic acids is 4. The van der Waals surface area contributed by atoms with Gasteiger partial charge in [-0.05, 0) is 81.4 Å². The van der Waals surface area contributed by atoms with Crippen molar-refractivity contribution in [1.82, 2.24) is 71.9 Å². The number of carbonyl (C=O) groups is 16. The number of aliphatic carboxylic acids is 4. The van der Waals surface area contributed by atoms with E-state index in [1.807, 2.05) is 30.0 Å². The zero-order valence-corrected chi connectivity index (χ0v) is 73.7. The molecule has 0 aromatic heterocycles. The zero-order chi connectivity index (χ0) is 92.0. The molecule has 40 nitrogen and oxygen atoms in total. The van der Waals surface area contributed by atoms with Gasteiger partial charge in [0.25, 0.3) is 0 Å². The van der Waals surface area contributed by atoms with Crippen LogP contribution < -0.4 is 54.0 Å². The maximum atomic E-state index is 15.2. The number of ether oxygens (including phenoxy) is 3. The van der Waals surface area contributed by atoms with E-state index in [0.717, 1.165) is 11.1 Å². The number of unbranched alkanes of at least 4 members (excludes halogenated alkanes) is 2. The number of fused-ring (bicyclic) bond motifs is 4. The molecule has 0 saturated carbocycles. The number of nitrogens with zero attached hydrogens (tertiary/aromatic N) is 6. The smallest absolute Gasteiger partial charge is 0.317 e. The highest BCUT2D eigenvalue weighted by Crippen LogP contribution is 2.28. The van der Waals surface area contributed by atoms with Crippen LogP contribution >= 0.6 is 23.5 Å². The standard InChI is InChI=1S/C84H128N16O24S2/c1-4-5-20-61(88-70(104)26-23-60(102)19-9-10-38-122-40-42-124-43-41-123-39-14-27-87-71(105)47-95-30-32-96(48-73(108)109)34-36-98(50-75(112)113)37-35-97(33-31-95)49-74(110)111)77(114)93-66-54-126-52-59-18-11-17-58(44-59)51-125-53-65(80(117)90-63(55(2)85)46-72(106)107)92-79(116)64(45-57-15-7-6-8-16-57)91-78(115)62(24-25-69(86)103)89-82(119)76(56(3)101)94-81(118)67-21-12-28-99(67)84(121)68-22-13-29-100(68)83(66)120/h6-8,11,15-18,44,56,61-68,76,101H,2,4-5,9-10,12-14,19-43,45-54,85H2,1,3H3,(H2,86,103)(H,87,105)(H,88,104)(H,89,119)(H,90,117)(H,91,115)(H,92,116)(H,93,114)(H,94,118)(H,106,107)(H,108,109)(H,110,111)(H,112,113)/t56-,61+,62+,63+,64+,65+,66+,67+,68+,76+/m1/s1. The number of nitrogens with one attached hydrogen (secondary N) is 8. The largest absolute Gasteiger partial charge is 0.481 e. The molecule has 42 heteroatoms. The number of thioether (sulfide) groups is 2. The van der Waals surface area contributed by atoms with Crippen molar-refractivity contribution in [3.05, 3.63) is 83.6 Å². The molecule has 11 amide bonds. The lowest BCUT2D eigenvalue weighted by molar-refractivity contribution is -0.148. The van der Waals surface area contributed by atoms with Crippen LogP contribution in [0.4, 0.5) is 0 Å². The average molecular weight is 1810 g/mol. The van der Waals surface area contributed by atoms with Crippen molar-refractivity contribution in [3.8, 4) is 0 Å². The van der Waals surface area contributed by atoms with Gasteiger partial charge in [-0.1, -0.05) is 80.9 Å². The van der Waals surface area contributed by atoms with Crippen molar-refractivity contribution in [2.75, 3.05) is 149 Å². The Kier molecular flexibility index (Phi) is 47.4. The number of ketones is 1. The van der Waals surface area contributed by atoms with Gasteiger partial charge in [-0.3, -0.25) is 96.3 Å². The van der Waals surface area contributed by atoms with Crippen LogP contribution in [-0.2, 0) is 109 Å². The number of aliphatic hydroxyl groups is 1. The van der Waals surface area contributed by atoms with Crippen molar-refractivity contribution >= 4 is 118 Å². The summed E-state index contributed by atoms with van der Waals surface area (Å²) in [6, 6.07) is 3.40. The molecule has 0 unspecified atom stereocenters. The SMILES string of the molecule is C=C(N)[C@H](CC(=O)O)NC(=O)[C@@H]1CSCc2cccc(c2)CSC[C@H](NC(=O)[C@H](CCCC)NC(=O)CCC(=O)CCCCOCCOCCOCCCNC(=O)CN2CCN(CC(=O)O)CCN(CC(=O)O)CCN(CC(=O)O)CC2)C(=O)N2CCC[C@H]2C(=O)N2CCC[C@H]2C(=O)N[C@@H]([C@@H](C)O)C(=O)N[C@@H](CCC(N)=O)C(=O)N[C@@H](Cc2ccccc2)C(=O)N1. The van der Waals surface area contributed by atoms with E-state index >= 15 is 4.79 Å². The first-order chi connectivity index (χ1) is 60.3. The highest BCUT2D eigenvalue weighted by Gasteiger charge is 2.45. The maximum absolute atomic E-state index is 15.2. The van der Waals surface area contributed by atoms with E-state index < -0.39 is 163 Å². The number of primary amides is 1. The molecular weight excluding hydrogens is 1680 g/mol. The van der Waals surface area contributed by atoms with Crippen molar-refractivity contribution < 1.29 is 116 Å². The predicted octanol–water partition coefficient (Wildman–Crippen LogP) is -1.88. The van der Waals surface area contributed by atoms with Crippen molar-refractivity contribution in [3.63, 3.8) is 0 Å². The lowest BCUT2D eigenvalue weighted by Gasteiger charge is -2.34. The number of amides is 11. The Balaban J connectivity index is 1.04. The van der Waals surface area contributed by atoms with Gasteiger partial charge in [-0.25, -0.2) is 0 Å². The number of carbonyl (C=O) groups excluding carboxylic acids is 12. The van der Waals surface area contributed by atoms with Crippen LogP contribution in [0.5, 0.6) is 0 Å². The first-order valence-electron chi connectivity index (χ1n) is 43.0. The summed E-state index contributed by atoms with van der Waals surface area (Å²) in [4.78, 5) is 226. The normalized spacial score (nSPS) is 21.4. The van der Waals surface area contributed by atoms with Crippen molar-refractivity contribution in [1.29, 1.82) is 0 Å². The van der Waals surface area contributed by atoms with E-state index in [9.17, 15) is 97.5 Å². The molecule has 6 rings (SSSR count). The third kappa shape index (κ3) is 39.5. The van der Waals surface area contributed by atoms with E-state index in [4.69, 9.17) is 25.7 Å². The van der Waals surface area contributed by atoms with Crippen LogP contribution in [0.1, 0.15) is 133 Å². The lowest BCUT2D eigenvalue weighted by atomic mass is 10.0. The van der Waals surface area contributed by atoms with Crippen LogP contribution in [0.2, 0.25) is 0 Å². The summed E-state index contributed by atoms with van der Waals surface area (Å²) in [6.07, 6.45) is 0.235. The van der Waals surface area contributed by atoms with Gasteiger partial charge in [-0.15, -0.1) is 0 Å². The monoisotopic (exact) mass is 1810 g/mol. The fourth-order valence-electron chi connectivity index (χ4n) is 14.6. The molecule has 700 valence electrons. The summed E-state index contributed by atoms with van der Waals surface area (Å²) in [7, 11) is 0. The topological polar surface area (TPSA) is 570 Å². The molecule has 3 fully saturated rings. The van der Waals surface area contributed by atoms with Crippen LogP contribution in [0.25, 0.3) is 0 Å². The Morgan fingerprint density at radius 2 is 1.09 bits per heavy atom. The summed E-state index contributed by atoms with van der Waals surface area (Å²) in [5.41, 5.74) is 13.4. The van der Waals surface area contributed by atoms with Gasteiger partial charge in [0.2, 0.25) is 65.0 Å². The molecule has 2 bridgehead atoms. The molecular formula is C84H128N16O24S2. The molecule has 2 aromatic carbocycles. The van der Waals surface area contributed by atoms with Crippen LogP contribution in [0, 0.1) is 0 Å². The Labute approximate surface area is 742 Å². The van der Waals surface area contributed by atoms with Gasteiger partial charge >= 0.3 is 23.9 Å². The number of hydrogen-bond donors (Lipinski definition) is 15. The summed E-state index contributed by atoms with van der Waals surface area (Å²) < 4.78 is 17.0. The number of carboxylic acid groups (broad SMARTS) is 4. The van der Waals surface area contributed by atoms with E-state index in [0.29, 0.717) is 83.4 Å².